The number of aliphatic hydroxyl groups excluding tert-OH is 1. The number of halogens is 3. The largest absolute Gasteiger partial charge is 0.453 e. The van der Waals surface area contributed by atoms with Crippen LogP contribution in [0.4, 0.5) is 4.39 Å². The van der Waals surface area contributed by atoms with Gasteiger partial charge in [-0.25, -0.2) is 4.39 Å². The van der Waals surface area contributed by atoms with E-state index in [1.54, 1.807) is 31.2 Å². The van der Waals surface area contributed by atoms with Crippen molar-refractivity contribution in [2.75, 3.05) is 0 Å². The summed E-state index contributed by atoms with van der Waals surface area (Å²) >= 11 is 9.29. The summed E-state index contributed by atoms with van der Waals surface area (Å²) in [6.45, 7) is 1.64. The molecule has 0 amide bonds. The average molecular weight is 346 g/mol. The third kappa shape index (κ3) is 3.47. The zero-order valence-electron chi connectivity index (χ0n) is 10.0. The Kier molecular flexibility index (Phi) is 4.45. The molecule has 19 heavy (non-hydrogen) atoms. The summed E-state index contributed by atoms with van der Waals surface area (Å²) in [5.74, 6) is -0.0528. The Morgan fingerprint density at radius 1 is 1.21 bits per heavy atom. The molecule has 0 aliphatic heterocycles. The van der Waals surface area contributed by atoms with Crippen molar-refractivity contribution in [1.29, 1.82) is 0 Å². The fourth-order valence-electron chi connectivity index (χ4n) is 1.53. The normalized spacial score (nSPS) is 12.3. The summed E-state index contributed by atoms with van der Waals surface area (Å²) in [6.07, 6.45) is -0.617. The van der Waals surface area contributed by atoms with Gasteiger partial charge in [-0.05, 0) is 42.8 Å². The second kappa shape index (κ2) is 5.90. The lowest BCUT2D eigenvalue weighted by atomic mass is 10.1. The SMILES string of the molecule is C[C@H](O)c1ccc(Oc2cc(Br)ccc2F)c(Cl)c1. The third-order valence-electron chi connectivity index (χ3n) is 2.55. The van der Waals surface area contributed by atoms with E-state index in [2.05, 4.69) is 15.9 Å². The molecule has 0 bridgehead atoms. The Labute approximate surface area is 123 Å². The van der Waals surface area contributed by atoms with Crippen LogP contribution in [0.1, 0.15) is 18.6 Å². The molecular weight excluding hydrogens is 335 g/mol. The van der Waals surface area contributed by atoms with Crippen molar-refractivity contribution in [2.45, 2.75) is 13.0 Å². The molecule has 1 N–H and O–H groups in total. The molecule has 100 valence electrons. The van der Waals surface area contributed by atoms with Gasteiger partial charge in [0.2, 0.25) is 0 Å². The summed E-state index contributed by atoms with van der Waals surface area (Å²) in [7, 11) is 0. The molecule has 0 spiro atoms. The highest BCUT2D eigenvalue weighted by Gasteiger charge is 2.10. The van der Waals surface area contributed by atoms with Gasteiger partial charge in [-0.1, -0.05) is 33.6 Å². The van der Waals surface area contributed by atoms with Crippen molar-refractivity contribution in [3.05, 3.63) is 57.3 Å². The highest BCUT2D eigenvalue weighted by atomic mass is 79.9. The number of rotatable bonds is 3. The van der Waals surface area contributed by atoms with Crippen LogP contribution in [0.5, 0.6) is 11.5 Å². The highest BCUT2D eigenvalue weighted by Crippen LogP contribution is 2.33. The van der Waals surface area contributed by atoms with Crippen molar-refractivity contribution >= 4 is 27.5 Å². The first-order valence-corrected chi connectivity index (χ1v) is 6.75. The van der Waals surface area contributed by atoms with Crippen LogP contribution in [0.25, 0.3) is 0 Å². The lowest BCUT2D eigenvalue weighted by Gasteiger charge is -2.11. The molecule has 2 rings (SSSR count). The first-order valence-electron chi connectivity index (χ1n) is 5.58. The Balaban J connectivity index is 2.31. The van der Waals surface area contributed by atoms with Crippen molar-refractivity contribution in [3.63, 3.8) is 0 Å². The van der Waals surface area contributed by atoms with Crippen LogP contribution in [-0.4, -0.2) is 5.11 Å². The molecule has 0 aliphatic carbocycles. The average Bonchev–Trinajstić information content (AvgIpc) is 2.36. The lowest BCUT2D eigenvalue weighted by molar-refractivity contribution is 0.199. The molecule has 2 aromatic carbocycles. The zero-order valence-corrected chi connectivity index (χ0v) is 12.4. The van der Waals surface area contributed by atoms with E-state index in [0.717, 1.165) is 0 Å². The molecule has 0 aliphatic rings. The van der Waals surface area contributed by atoms with Crippen molar-refractivity contribution in [2.24, 2.45) is 0 Å². The molecular formula is C14H11BrClFO2. The second-order valence-corrected chi connectivity index (χ2v) is 5.37. The summed E-state index contributed by atoms with van der Waals surface area (Å²) in [5, 5.41) is 9.76. The maximum Gasteiger partial charge on any atom is 0.165 e. The van der Waals surface area contributed by atoms with E-state index in [-0.39, 0.29) is 5.75 Å². The van der Waals surface area contributed by atoms with Crippen LogP contribution in [0, 0.1) is 5.82 Å². The zero-order chi connectivity index (χ0) is 14.0. The van der Waals surface area contributed by atoms with E-state index in [1.807, 2.05) is 0 Å². The molecule has 2 aromatic rings. The molecule has 0 radical (unpaired) electrons. The predicted molar refractivity (Wildman–Crippen MR) is 76.3 cm³/mol. The van der Waals surface area contributed by atoms with Gasteiger partial charge in [0.25, 0.3) is 0 Å². The van der Waals surface area contributed by atoms with Crippen LogP contribution in [0.2, 0.25) is 5.02 Å². The summed E-state index contributed by atoms with van der Waals surface area (Å²) in [6, 6.07) is 9.29. The molecule has 0 saturated carbocycles. The molecule has 0 saturated heterocycles. The first-order chi connectivity index (χ1) is 8.97. The molecule has 0 heterocycles. The number of hydrogen-bond acceptors (Lipinski definition) is 2. The minimum absolute atomic E-state index is 0.0843. The fourth-order valence-corrected chi connectivity index (χ4v) is 2.10. The Morgan fingerprint density at radius 3 is 2.58 bits per heavy atom. The minimum atomic E-state index is -0.617. The van der Waals surface area contributed by atoms with Gasteiger partial charge in [-0.3, -0.25) is 0 Å². The van der Waals surface area contributed by atoms with Gasteiger partial charge in [0.05, 0.1) is 11.1 Å². The number of aliphatic hydroxyl groups is 1. The minimum Gasteiger partial charge on any atom is -0.453 e. The topological polar surface area (TPSA) is 29.5 Å². The van der Waals surface area contributed by atoms with Crippen LogP contribution in [-0.2, 0) is 0 Å². The molecule has 5 heteroatoms. The fraction of sp³-hybridized carbons (Fsp3) is 0.143. The molecule has 0 fully saturated rings. The number of ether oxygens (including phenoxy) is 1. The lowest BCUT2D eigenvalue weighted by Crippen LogP contribution is -1.93. The van der Waals surface area contributed by atoms with E-state index >= 15 is 0 Å². The maximum atomic E-state index is 13.6. The van der Waals surface area contributed by atoms with Crippen LogP contribution in [0.3, 0.4) is 0 Å². The summed E-state index contributed by atoms with van der Waals surface area (Å²) in [4.78, 5) is 0. The molecule has 2 nitrogen and oxygen atoms in total. The van der Waals surface area contributed by atoms with E-state index < -0.39 is 11.9 Å². The Morgan fingerprint density at radius 2 is 1.95 bits per heavy atom. The van der Waals surface area contributed by atoms with Gasteiger partial charge in [-0.15, -0.1) is 0 Å². The Bertz CT molecular complexity index is 602. The quantitative estimate of drug-likeness (QED) is 0.840. The van der Waals surface area contributed by atoms with E-state index in [1.165, 1.54) is 12.1 Å². The predicted octanol–water partition coefficient (Wildman–Crippen LogP) is 5.09. The Hall–Kier alpha value is -1.10. The molecule has 0 unspecified atom stereocenters. The van der Waals surface area contributed by atoms with Crippen LogP contribution in [0.15, 0.2) is 40.9 Å². The molecule has 0 aromatic heterocycles. The van der Waals surface area contributed by atoms with Crippen molar-refractivity contribution in [1.82, 2.24) is 0 Å². The van der Waals surface area contributed by atoms with Gasteiger partial charge in [0.1, 0.15) is 5.75 Å². The standard InChI is InChI=1S/C14H11BrClFO2/c1-8(18)9-2-5-13(11(16)6-9)19-14-7-10(15)3-4-12(14)17/h2-8,18H,1H3/t8-/m0/s1. The third-order valence-corrected chi connectivity index (χ3v) is 3.34. The number of hydrogen-bond donors (Lipinski definition) is 1. The van der Waals surface area contributed by atoms with Crippen LogP contribution < -0.4 is 4.74 Å². The van der Waals surface area contributed by atoms with Gasteiger partial charge < -0.3 is 9.84 Å². The first kappa shape index (κ1) is 14.3. The van der Waals surface area contributed by atoms with E-state index in [4.69, 9.17) is 16.3 Å². The second-order valence-electron chi connectivity index (χ2n) is 4.04. The van der Waals surface area contributed by atoms with Crippen molar-refractivity contribution in [3.8, 4) is 11.5 Å². The van der Waals surface area contributed by atoms with Gasteiger partial charge in [0.15, 0.2) is 11.6 Å². The summed E-state index contributed by atoms with van der Waals surface area (Å²) < 4.78 is 19.7. The van der Waals surface area contributed by atoms with Gasteiger partial charge >= 0.3 is 0 Å². The monoisotopic (exact) mass is 344 g/mol. The van der Waals surface area contributed by atoms with Gasteiger partial charge in [0, 0.05) is 4.47 Å². The smallest absolute Gasteiger partial charge is 0.165 e. The molecule has 1 atom stereocenters. The summed E-state index contributed by atoms with van der Waals surface area (Å²) in [5.41, 5.74) is 0.673. The number of benzene rings is 2. The van der Waals surface area contributed by atoms with Crippen LogP contribution >= 0.6 is 27.5 Å². The van der Waals surface area contributed by atoms with E-state index in [0.29, 0.717) is 20.8 Å². The van der Waals surface area contributed by atoms with Gasteiger partial charge in [-0.2, -0.15) is 0 Å². The highest BCUT2D eigenvalue weighted by molar-refractivity contribution is 9.10. The van der Waals surface area contributed by atoms with E-state index in [9.17, 15) is 9.50 Å². The van der Waals surface area contributed by atoms with Crippen molar-refractivity contribution < 1.29 is 14.2 Å². The maximum absolute atomic E-state index is 13.6.